The number of nitrogens with zero attached hydrogens (tertiary/aromatic N) is 5. The Morgan fingerprint density at radius 2 is 1.84 bits per heavy atom. The van der Waals surface area contributed by atoms with Crippen LogP contribution in [0.3, 0.4) is 0 Å². The van der Waals surface area contributed by atoms with Crippen LogP contribution in [0.2, 0.25) is 0 Å². The van der Waals surface area contributed by atoms with E-state index in [9.17, 15) is 9.59 Å². The van der Waals surface area contributed by atoms with Crippen molar-refractivity contribution in [1.82, 2.24) is 24.5 Å². The number of para-hydroxylation sites is 1. The summed E-state index contributed by atoms with van der Waals surface area (Å²) in [7, 11) is 2.72. The van der Waals surface area contributed by atoms with Crippen molar-refractivity contribution >= 4 is 5.97 Å². The number of hydrogen-bond acceptors (Lipinski definition) is 7. The summed E-state index contributed by atoms with van der Waals surface area (Å²) in [6, 6.07) is 16.2. The Morgan fingerprint density at radius 1 is 1.03 bits per heavy atom. The number of methoxy groups -OCH3 is 2. The molecule has 3 heterocycles. The van der Waals surface area contributed by atoms with Gasteiger partial charge in [-0.05, 0) is 30.3 Å². The highest BCUT2D eigenvalue weighted by atomic mass is 16.5. The van der Waals surface area contributed by atoms with E-state index >= 15 is 0 Å². The Kier molecular flexibility index (Phi) is 5.57. The third-order valence-corrected chi connectivity index (χ3v) is 4.56. The van der Waals surface area contributed by atoms with Crippen molar-refractivity contribution in [3.05, 3.63) is 88.6 Å². The van der Waals surface area contributed by atoms with Crippen LogP contribution in [-0.2, 0) is 11.3 Å². The summed E-state index contributed by atoms with van der Waals surface area (Å²) >= 11 is 0. The number of carbonyl (C=O) groups excluding carboxylic acids is 1. The molecule has 0 amide bonds. The zero-order valence-electron chi connectivity index (χ0n) is 16.9. The van der Waals surface area contributed by atoms with E-state index in [2.05, 4.69) is 15.2 Å². The summed E-state index contributed by atoms with van der Waals surface area (Å²) in [5.41, 5.74) is 1.92. The van der Waals surface area contributed by atoms with E-state index in [1.807, 2.05) is 30.3 Å². The minimum Gasteiger partial charge on any atom is -0.491 e. The van der Waals surface area contributed by atoms with Crippen molar-refractivity contribution in [3.63, 3.8) is 0 Å². The molecule has 4 aromatic rings. The predicted molar refractivity (Wildman–Crippen MR) is 112 cm³/mol. The second kappa shape index (κ2) is 8.62. The van der Waals surface area contributed by atoms with E-state index in [0.29, 0.717) is 11.4 Å². The first-order chi connectivity index (χ1) is 15.1. The second-order valence-corrected chi connectivity index (χ2v) is 6.54. The van der Waals surface area contributed by atoms with Crippen LogP contribution in [0.4, 0.5) is 0 Å². The van der Waals surface area contributed by atoms with Crippen LogP contribution in [0.5, 0.6) is 5.75 Å². The standard InChI is InChI=1S/C22H19N5O4/c1-30-19-14-26(13-15-7-6-10-17(24-15)22(29)31-2)25-20(21(19)28)18-11-12-23-27(18)16-8-4-3-5-9-16/h3-12,14H,13H2,1-2H3. The molecule has 1 aromatic carbocycles. The monoisotopic (exact) mass is 417 g/mol. The van der Waals surface area contributed by atoms with Gasteiger partial charge in [0.25, 0.3) is 5.43 Å². The lowest BCUT2D eigenvalue weighted by molar-refractivity contribution is 0.0593. The zero-order chi connectivity index (χ0) is 21.8. The van der Waals surface area contributed by atoms with Crippen LogP contribution in [0.1, 0.15) is 16.2 Å². The van der Waals surface area contributed by atoms with Crippen molar-refractivity contribution in [2.24, 2.45) is 0 Å². The lowest BCUT2D eigenvalue weighted by atomic mass is 10.2. The SMILES string of the molecule is COC(=O)c1cccc(Cn2cc(OC)c(=O)c(-c3ccnn3-c3ccccc3)n2)n1. The third kappa shape index (κ3) is 4.06. The van der Waals surface area contributed by atoms with Gasteiger partial charge in [0.1, 0.15) is 5.69 Å². The number of pyridine rings is 1. The number of ether oxygens (including phenoxy) is 2. The molecule has 0 unspecified atom stereocenters. The molecule has 0 aliphatic heterocycles. The van der Waals surface area contributed by atoms with Crippen LogP contribution in [-0.4, -0.2) is 44.7 Å². The second-order valence-electron chi connectivity index (χ2n) is 6.54. The lowest BCUT2D eigenvalue weighted by Crippen LogP contribution is -2.19. The fourth-order valence-corrected chi connectivity index (χ4v) is 3.12. The Balaban J connectivity index is 1.77. The van der Waals surface area contributed by atoms with Gasteiger partial charge in [0.05, 0.1) is 50.2 Å². The number of benzene rings is 1. The first-order valence-corrected chi connectivity index (χ1v) is 9.40. The molecule has 0 aliphatic carbocycles. The zero-order valence-corrected chi connectivity index (χ0v) is 16.9. The molecule has 0 saturated heterocycles. The maximum Gasteiger partial charge on any atom is 0.356 e. The molecule has 3 aromatic heterocycles. The highest BCUT2D eigenvalue weighted by Crippen LogP contribution is 2.20. The van der Waals surface area contributed by atoms with Gasteiger partial charge in [-0.25, -0.2) is 14.5 Å². The minimum atomic E-state index is -0.528. The molecule has 0 N–H and O–H groups in total. The average Bonchev–Trinajstić information content (AvgIpc) is 3.30. The molecule has 0 saturated carbocycles. The molecule has 31 heavy (non-hydrogen) atoms. The number of rotatable bonds is 6. The molecule has 156 valence electrons. The Hall–Kier alpha value is -4.27. The van der Waals surface area contributed by atoms with Gasteiger partial charge < -0.3 is 9.47 Å². The van der Waals surface area contributed by atoms with E-state index in [-0.39, 0.29) is 29.1 Å². The molecule has 0 spiro atoms. The summed E-state index contributed by atoms with van der Waals surface area (Å²) in [6.07, 6.45) is 3.11. The smallest absolute Gasteiger partial charge is 0.356 e. The van der Waals surface area contributed by atoms with E-state index in [1.54, 1.807) is 39.8 Å². The first kappa shape index (κ1) is 20.0. The molecule has 0 fully saturated rings. The fraction of sp³-hybridized carbons (Fsp3) is 0.136. The Morgan fingerprint density at radius 3 is 2.58 bits per heavy atom. The summed E-state index contributed by atoms with van der Waals surface area (Å²) in [5.74, 6) is -0.394. The van der Waals surface area contributed by atoms with Crippen molar-refractivity contribution < 1.29 is 14.3 Å². The number of esters is 1. The van der Waals surface area contributed by atoms with Gasteiger partial charge in [-0.3, -0.25) is 9.48 Å². The van der Waals surface area contributed by atoms with Crippen molar-refractivity contribution in [3.8, 4) is 22.8 Å². The first-order valence-electron chi connectivity index (χ1n) is 9.40. The van der Waals surface area contributed by atoms with Crippen LogP contribution in [0, 0.1) is 0 Å². The lowest BCUT2D eigenvalue weighted by Gasteiger charge is -2.12. The van der Waals surface area contributed by atoms with Crippen molar-refractivity contribution in [2.45, 2.75) is 6.54 Å². The largest absolute Gasteiger partial charge is 0.491 e. The van der Waals surface area contributed by atoms with Gasteiger partial charge in [0, 0.05) is 0 Å². The van der Waals surface area contributed by atoms with E-state index in [4.69, 9.17) is 9.47 Å². The van der Waals surface area contributed by atoms with Crippen molar-refractivity contribution in [2.75, 3.05) is 14.2 Å². The molecule has 4 rings (SSSR count). The van der Waals surface area contributed by atoms with Crippen LogP contribution in [0.15, 0.2) is 71.8 Å². The maximum atomic E-state index is 13.0. The Bertz CT molecular complexity index is 1280. The highest BCUT2D eigenvalue weighted by molar-refractivity contribution is 5.87. The number of aromatic nitrogens is 5. The predicted octanol–water partition coefficient (Wildman–Crippen LogP) is 2.33. The molecule has 0 atom stereocenters. The van der Waals surface area contributed by atoms with E-state index in [1.165, 1.54) is 20.4 Å². The van der Waals surface area contributed by atoms with Gasteiger partial charge in [-0.15, -0.1) is 0 Å². The van der Waals surface area contributed by atoms with Gasteiger partial charge in [-0.1, -0.05) is 24.3 Å². The normalized spacial score (nSPS) is 10.6. The molecular formula is C22H19N5O4. The van der Waals surface area contributed by atoms with E-state index in [0.717, 1.165) is 5.69 Å². The molecule has 9 heteroatoms. The third-order valence-electron chi connectivity index (χ3n) is 4.56. The minimum absolute atomic E-state index is 0.134. The van der Waals surface area contributed by atoms with Gasteiger partial charge >= 0.3 is 5.97 Å². The maximum absolute atomic E-state index is 13.0. The summed E-state index contributed by atoms with van der Waals surface area (Å²) < 4.78 is 13.2. The molecule has 0 aliphatic rings. The van der Waals surface area contributed by atoms with Crippen molar-refractivity contribution in [1.29, 1.82) is 0 Å². The Labute approximate surface area is 177 Å². The highest BCUT2D eigenvalue weighted by Gasteiger charge is 2.17. The van der Waals surface area contributed by atoms with Crippen LogP contribution < -0.4 is 10.2 Å². The molecule has 9 nitrogen and oxygen atoms in total. The topological polar surface area (TPSA) is 101 Å². The molecule has 0 radical (unpaired) electrons. The number of carbonyl (C=O) groups is 1. The van der Waals surface area contributed by atoms with Gasteiger partial charge in [0.15, 0.2) is 11.4 Å². The summed E-state index contributed by atoms with van der Waals surface area (Å²) in [6.45, 7) is 0.216. The summed E-state index contributed by atoms with van der Waals surface area (Å²) in [4.78, 5) is 29.0. The molecular weight excluding hydrogens is 398 g/mol. The molecule has 0 bridgehead atoms. The van der Waals surface area contributed by atoms with Crippen LogP contribution >= 0.6 is 0 Å². The quantitative estimate of drug-likeness (QED) is 0.444. The summed E-state index contributed by atoms with van der Waals surface area (Å²) in [5, 5.41) is 8.84. The van der Waals surface area contributed by atoms with Gasteiger partial charge in [0.2, 0.25) is 0 Å². The average molecular weight is 417 g/mol. The van der Waals surface area contributed by atoms with Crippen LogP contribution in [0.25, 0.3) is 17.1 Å². The number of hydrogen-bond donors (Lipinski definition) is 0. The fourth-order valence-electron chi connectivity index (χ4n) is 3.12. The van der Waals surface area contributed by atoms with Gasteiger partial charge in [-0.2, -0.15) is 10.2 Å². The van der Waals surface area contributed by atoms with E-state index < -0.39 is 5.97 Å².